The van der Waals surface area contributed by atoms with Gasteiger partial charge in [-0.1, -0.05) is 0 Å². The Morgan fingerprint density at radius 3 is 2.73 bits per heavy atom. The van der Waals surface area contributed by atoms with Gasteiger partial charge in [0.1, 0.15) is 0 Å². The first-order chi connectivity index (χ1) is 7.34. The lowest BCUT2D eigenvalue weighted by atomic mass is 9.98. The smallest absolute Gasteiger partial charge is 0.226 e. The summed E-state index contributed by atoms with van der Waals surface area (Å²) in [6.07, 6.45) is 3.10. The van der Waals surface area contributed by atoms with Crippen LogP contribution in [0.2, 0.25) is 0 Å². The Kier molecular flexibility index (Phi) is 2.64. The zero-order valence-electron chi connectivity index (χ0n) is 8.85. The second-order valence-corrected chi connectivity index (χ2v) is 6.06. The summed E-state index contributed by atoms with van der Waals surface area (Å²) < 4.78 is 5.30. The number of amides is 1. The maximum absolute atomic E-state index is 12.3. The third-order valence-corrected chi connectivity index (χ3v) is 5.14. The van der Waals surface area contributed by atoms with Gasteiger partial charge >= 0.3 is 0 Å². The van der Waals surface area contributed by atoms with Gasteiger partial charge in [0.05, 0.1) is 0 Å². The van der Waals surface area contributed by atoms with Crippen LogP contribution in [0.25, 0.3) is 0 Å². The maximum atomic E-state index is 12.3. The molecule has 0 aliphatic carbocycles. The Labute approximate surface area is 94.5 Å². The monoisotopic (exact) mass is 227 g/mol. The molecule has 3 fully saturated rings. The first-order valence-corrected chi connectivity index (χ1v) is 6.89. The van der Waals surface area contributed by atoms with Crippen molar-refractivity contribution in [1.82, 2.24) is 4.90 Å². The Balaban J connectivity index is 1.64. The van der Waals surface area contributed by atoms with E-state index >= 15 is 0 Å². The number of carbonyl (C=O) groups excluding carboxylic acids is 1. The first-order valence-electron chi connectivity index (χ1n) is 5.84. The van der Waals surface area contributed by atoms with E-state index in [1.54, 1.807) is 0 Å². The molecular weight excluding hydrogens is 210 g/mol. The van der Waals surface area contributed by atoms with E-state index in [-0.39, 0.29) is 5.92 Å². The van der Waals surface area contributed by atoms with Crippen LogP contribution in [-0.4, -0.2) is 47.6 Å². The van der Waals surface area contributed by atoms with Crippen LogP contribution in [0.1, 0.15) is 19.3 Å². The SMILES string of the molecule is O=C(C1CCOCC1)N1C[C@H]2C[C@H]1CS2. The number of rotatable bonds is 1. The van der Waals surface area contributed by atoms with Crippen LogP contribution in [0, 0.1) is 5.92 Å². The molecule has 1 amide bonds. The van der Waals surface area contributed by atoms with Gasteiger partial charge < -0.3 is 9.64 Å². The van der Waals surface area contributed by atoms with Gasteiger partial charge in [-0.2, -0.15) is 11.8 Å². The molecule has 0 spiro atoms. The maximum Gasteiger partial charge on any atom is 0.226 e. The molecule has 3 heterocycles. The fraction of sp³-hybridized carbons (Fsp3) is 0.909. The van der Waals surface area contributed by atoms with Gasteiger partial charge in [0.25, 0.3) is 0 Å². The molecule has 84 valence electrons. The molecule has 2 atom stereocenters. The molecule has 15 heavy (non-hydrogen) atoms. The van der Waals surface area contributed by atoms with Crippen molar-refractivity contribution in [2.45, 2.75) is 30.6 Å². The lowest BCUT2D eigenvalue weighted by Crippen LogP contribution is -2.44. The van der Waals surface area contributed by atoms with Gasteiger partial charge in [0.2, 0.25) is 5.91 Å². The van der Waals surface area contributed by atoms with Crippen LogP contribution in [0.15, 0.2) is 0 Å². The van der Waals surface area contributed by atoms with E-state index < -0.39 is 0 Å². The number of nitrogens with zero attached hydrogens (tertiary/aromatic N) is 1. The molecule has 0 aromatic heterocycles. The third-order valence-electron chi connectivity index (χ3n) is 3.75. The molecule has 0 aromatic rings. The summed E-state index contributed by atoms with van der Waals surface area (Å²) in [6.45, 7) is 2.55. The molecule has 0 radical (unpaired) electrons. The summed E-state index contributed by atoms with van der Waals surface area (Å²) in [4.78, 5) is 14.4. The molecule has 0 aromatic carbocycles. The van der Waals surface area contributed by atoms with Crippen molar-refractivity contribution in [2.24, 2.45) is 5.92 Å². The number of hydrogen-bond acceptors (Lipinski definition) is 3. The van der Waals surface area contributed by atoms with Crippen molar-refractivity contribution in [3.63, 3.8) is 0 Å². The Morgan fingerprint density at radius 1 is 1.33 bits per heavy atom. The molecule has 3 saturated heterocycles. The standard InChI is InChI=1S/C11H17NO2S/c13-11(8-1-3-14-4-2-8)12-6-10-5-9(12)7-15-10/h8-10H,1-7H2/t9-,10+/m0/s1. The van der Waals surface area contributed by atoms with Crippen molar-refractivity contribution in [3.05, 3.63) is 0 Å². The van der Waals surface area contributed by atoms with Crippen LogP contribution in [0.4, 0.5) is 0 Å². The summed E-state index contributed by atoms with van der Waals surface area (Å²) in [5.41, 5.74) is 0. The normalized spacial score (nSPS) is 36.1. The summed E-state index contributed by atoms with van der Waals surface area (Å²) in [6, 6.07) is 0.551. The average Bonchev–Trinajstić information content (AvgIpc) is 2.91. The minimum atomic E-state index is 0.253. The lowest BCUT2D eigenvalue weighted by Gasteiger charge is -2.31. The van der Waals surface area contributed by atoms with E-state index in [1.807, 2.05) is 11.8 Å². The Morgan fingerprint density at radius 2 is 2.13 bits per heavy atom. The second kappa shape index (κ2) is 3.98. The van der Waals surface area contributed by atoms with Gasteiger partial charge in [-0.15, -0.1) is 0 Å². The molecular formula is C11H17NO2S. The molecule has 4 heteroatoms. The van der Waals surface area contributed by atoms with Crippen molar-refractivity contribution >= 4 is 17.7 Å². The van der Waals surface area contributed by atoms with E-state index in [2.05, 4.69) is 4.90 Å². The topological polar surface area (TPSA) is 29.5 Å². The third kappa shape index (κ3) is 1.78. The molecule has 2 bridgehead atoms. The largest absolute Gasteiger partial charge is 0.381 e. The molecule has 0 unspecified atom stereocenters. The lowest BCUT2D eigenvalue weighted by molar-refractivity contribution is -0.139. The first kappa shape index (κ1) is 9.97. The fourth-order valence-corrected chi connectivity index (χ4v) is 4.28. The summed E-state index contributed by atoms with van der Waals surface area (Å²) >= 11 is 2.04. The summed E-state index contributed by atoms with van der Waals surface area (Å²) in [5.74, 6) is 1.83. The highest BCUT2D eigenvalue weighted by Crippen LogP contribution is 2.38. The number of hydrogen-bond donors (Lipinski definition) is 0. The predicted octanol–water partition coefficient (Wildman–Crippen LogP) is 1.13. The van der Waals surface area contributed by atoms with E-state index in [4.69, 9.17) is 4.74 Å². The number of ether oxygens (including phenoxy) is 1. The van der Waals surface area contributed by atoms with Crippen molar-refractivity contribution < 1.29 is 9.53 Å². The zero-order valence-corrected chi connectivity index (χ0v) is 9.67. The molecule has 3 rings (SSSR count). The van der Waals surface area contributed by atoms with E-state index in [9.17, 15) is 4.79 Å². The van der Waals surface area contributed by atoms with Gasteiger partial charge in [-0.3, -0.25) is 4.79 Å². The van der Waals surface area contributed by atoms with Crippen molar-refractivity contribution in [1.29, 1.82) is 0 Å². The predicted molar refractivity (Wildman–Crippen MR) is 59.9 cm³/mol. The highest BCUT2D eigenvalue weighted by Gasteiger charge is 2.42. The zero-order chi connectivity index (χ0) is 10.3. The second-order valence-electron chi connectivity index (χ2n) is 4.72. The van der Waals surface area contributed by atoms with E-state index in [1.165, 1.54) is 12.2 Å². The van der Waals surface area contributed by atoms with Crippen molar-refractivity contribution in [3.8, 4) is 0 Å². The van der Waals surface area contributed by atoms with Crippen LogP contribution in [0.3, 0.4) is 0 Å². The van der Waals surface area contributed by atoms with Crippen LogP contribution in [0.5, 0.6) is 0 Å². The average molecular weight is 227 g/mol. The molecule has 0 saturated carbocycles. The Bertz CT molecular complexity index is 265. The molecule has 0 N–H and O–H groups in total. The summed E-state index contributed by atoms with van der Waals surface area (Å²) in [5, 5.41) is 0.735. The number of thioether (sulfide) groups is 1. The molecule has 3 aliphatic heterocycles. The highest BCUT2D eigenvalue weighted by atomic mass is 32.2. The van der Waals surface area contributed by atoms with Crippen LogP contribution >= 0.6 is 11.8 Å². The van der Waals surface area contributed by atoms with Gasteiger partial charge in [-0.25, -0.2) is 0 Å². The van der Waals surface area contributed by atoms with E-state index in [0.717, 1.165) is 37.9 Å². The van der Waals surface area contributed by atoms with Gasteiger partial charge in [0, 0.05) is 42.7 Å². The number of fused-ring (bicyclic) bond motifs is 2. The minimum Gasteiger partial charge on any atom is -0.381 e. The Hall–Kier alpha value is -0.220. The molecule has 3 nitrogen and oxygen atoms in total. The minimum absolute atomic E-state index is 0.253. The number of carbonyl (C=O) groups is 1. The van der Waals surface area contributed by atoms with Gasteiger partial charge in [-0.05, 0) is 19.3 Å². The van der Waals surface area contributed by atoms with Crippen LogP contribution < -0.4 is 0 Å². The highest BCUT2D eigenvalue weighted by molar-refractivity contribution is 8.00. The van der Waals surface area contributed by atoms with Crippen molar-refractivity contribution in [2.75, 3.05) is 25.5 Å². The summed E-state index contributed by atoms with van der Waals surface area (Å²) in [7, 11) is 0. The molecule has 3 aliphatic rings. The number of likely N-dealkylation sites (tertiary alicyclic amines) is 1. The van der Waals surface area contributed by atoms with Crippen LogP contribution in [-0.2, 0) is 9.53 Å². The van der Waals surface area contributed by atoms with Gasteiger partial charge in [0.15, 0.2) is 0 Å². The quantitative estimate of drug-likeness (QED) is 0.672. The van der Waals surface area contributed by atoms with E-state index in [0.29, 0.717) is 11.9 Å². The fourth-order valence-electron chi connectivity index (χ4n) is 2.85.